The normalized spacial score (nSPS) is 11.3. The van der Waals surface area contributed by atoms with Gasteiger partial charge in [0.05, 0.1) is 7.11 Å². The monoisotopic (exact) mass is 296 g/mol. The van der Waals surface area contributed by atoms with Crippen molar-refractivity contribution in [3.05, 3.63) is 30.0 Å². The van der Waals surface area contributed by atoms with Crippen LogP contribution >= 0.6 is 0 Å². The predicted octanol–water partition coefficient (Wildman–Crippen LogP) is 1.19. The second-order valence-electron chi connectivity index (χ2n) is 4.07. The molecule has 8 heteroatoms. The lowest BCUT2D eigenvalue weighted by Gasteiger charge is -2.02. The minimum atomic E-state index is -3.62. The Kier molecular flexibility index (Phi) is 3.49. The molecule has 0 bridgehead atoms. The number of aromatic carboxylic acids is 1. The molecule has 0 radical (unpaired) electrons. The summed E-state index contributed by atoms with van der Waals surface area (Å²) in [7, 11) is -2.15. The minimum absolute atomic E-state index is 0.0526. The van der Waals surface area contributed by atoms with Crippen molar-refractivity contribution in [3.8, 4) is 17.0 Å². The van der Waals surface area contributed by atoms with E-state index in [4.69, 9.17) is 9.84 Å². The molecule has 7 nitrogen and oxygen atoms in total. The molecule has 0 aliphatic rings. The number of aromatic nitrogens is 2. The zero-order valence-corrected chi connectivity index (χ0v) is 11.6. The molecule has 0 saturated heterocycles. The second-order valence-corrected chi connectivity index (χ2v) is 6.01. The molecule has 0 atom stereocenters. The molecule has 2 rings (SSSR count). The summed E-state index contributed by atoms with van der Waals surface area (Å²) in [6.07, 6.45) is 0.951. The number of H-pyrrole nitrogens is 1. The van der Waals surface area contributed by atoms with Gasteiger partial charge in [-0.25, -0.2) is 18.2 Å². The summed E-state index contributed by atoms with van der Waals surface area (Å²) in [6.45, 7) is 0. The largest absolute Gasteiger partial charge is 0.497 e. The lowest BCUT2D eigenvalue weighted by molar-refractivity contribution is 0.0691. The van der Waals surface area contributed by atoms with Crippen LogP contribution in [0.3, 0.4) is 0 Å². The highest BCUT2D eigenvalue weighted by Gasteiger charge is 2.22. The van der Waals surface area contributed by atoms with Gasteiger partial charge in [0.25, 0.3) is 0 Å². The predicted molar refractivity (Wildman–Crippen MR) is 70.6 cm³/mol. The molecule has 2 N–H and O–H groups in total. The highest BCUT2D eigenvalue weighted by atomic mass is 32.2. The molecular formula is C12H12N2O5S. The molecule has 1 heterocycles. The number of methoxy groups -OCH3 is 1. The number of benzene rings is 1. The molecule has 20 heavy (non-hydrogen) atoms. The van der Waals surface area contributed by atoms with E-state index in [0.717, 1.165) is 6.26 Å². The minimum Gasteiger partial charge on any atom is -0.497 e. The zero-order valence-electron chi connectivity index (χ0n) is 10.7. The second kappa shape index (κ2) is 4.97. The summed E-state index contributed by atoms with van der Waals surface area (Å²) in [5, 5.41) is 8.75. The molecule has 0 saturated carbocycles. The van der Waals surface area contributed by atoms with E-state index in [1.807, 2.05) is 0 Å². The van der Waals surface area contributed by atoms with Gasteiger partial charge in [0, 0.05) is 11.8 Å². The van der Waals surface area contributed by atoms with Gasteiger partial charge in [-0.2, -0.15) is 0 Å². The van der Waals surface area contributed by atoms with Gasteiger partial charge in [-0.15, -0.1) is 0 Å². The van der Waals surface area contributed by atoms with Crippen LogP contribution in [0.2, 0.25) is 0 Å². The number of aromatic amines is 1. The summed E-state index contributed by atoms with van der Waals surface area (Å²) >= 11 is 0. The molecular weight excluding hydrogens is 284 g/mol. The Morgan fingerprint density at radius 3 is 2.65 bits per heavy atom. The van der Waals surface area contributed by atoms with Gasteiger partial charge in [-0.05, 0) is 12.1 Å². The van der Waals surface area contributed by atoms with Crippen molar-refractivity contribution >= 4 is 15.8 Å². The first kappa shape index (κ1) is 14.1. The Labute approximate surface area is 115 Å². The summed E-state index contributed by atoms with van der Waals surface area (Å²) < 4.78 is 28.0. The third kappa shape index (κ3) is 2.64. The highest BCUT2D eigenvalue weighted by Crippen LogP contribution is 2.26. The third-order valence-corrected chi connectivity index (χ3v) is 3.49. The number of imidazole rings is 1. The van der Waals surface area contributed by atoms with E-state index in [9.17, 15) is 13.2 Å². The Balaban J connectivity index is 2.66. The zero-order chi connectivity index (χ0) is 14.9. The number of ether oxygens (including phenoxy) is 1. The molecule has 106 valence electrons. The molecule has 0 aliphatic carbocycles. The van der Waals surface area contributed by atoms with Crippen molar-refractivity contribution in [1.29, 1.82) is 0 Å². The van der Waals surface area contributed by atoms with E-state index >= 15 is 0 Å². The van der Waals surface area contributed by atoms with Crippen LogP contribution in [-0.4, -0.2) is 42.8 Å². The van der Waals surface area contributed by atoms with E-state index in [1.54, 1.807) is 24.3 Å². The van der Waals surface area contributed by atoms with Gasteiger partial charge >= 0.3 is 5.97 Å². The topological polar surface area (TPSA) is 109 Å². The van der Waals surface area contributed by atoms with Crippen LogP contribution in [0, 0.1) is 0 Å². The number of hydrogen-bond donors (Lipinski definition) is 2. The van der Waals surface area contributed by atoms with Gasteiger partial charge in [-0.1, -0.05) is 12.1 Å². The lowest BCUT2D eigenvalue weighted by atomic mass is 10.1. The van der Waals surface area contributed by atoms with Crippen molar-refractivity contribution < 1.29 is 23.1 Å². The van der Waals surface area contributed by atoms with Crippen LogP contribution < -0.4 is 4.74 Å². The first-order valence-electron chi connectivity index (χ1n) is 5.50. The van der Waals surface area contributed by atoms with Crippen molar-refractivity contribution in [3.63, 3.8) is 0 Å². The summed E-state index contributed by atoms with van der Waals surface area (Å²) in [5.74, 6) is -0.770. The van der Waals surface area contributed by atoms with Crippen LogP contribution in [0.4, 0.5) is 0 Å². The molecule has 1 aromatic carbocycles. The van der Waals surface area contributed by atoms with E-state index in [2.05, 4.69) is 9.97 Å². The average molecular weight is 296 g/mol. The number of carboxylic acid groups (broad SMARTS) is 1. The standard InChI is InChI=1S/C12H12N2O5S/c1-19-8-5-3-4-7(6-8)9-10(11(15)16)14-12(13-9)20(2,17)18/h3-6H,1-2H3,(H,13,14)(H,15,16). The molecule has 0 spiro atoms. The number of rotatable bonds is 4. The Morgan fingerprint density at radius 1 is 1.40 bits per heavy atom. The summed E-state index contributed by atoms with van der Waals surface area (Å²) in [6, 6.07) is 6.55. The number of carbonyl (C=O) groups is 1. The Hall–Kier alpha value is -2.35. The van der Waals surface area contributed by atoms with Crippen LogP contribution in [0.5, 0.6) is 5.75 Å². The van der Waals surface area contributed by atoms with Crippen molar-refractivity contribution in [2.75, 3.05) is 13.4 Å². The fourth-order valence-corrected chi connectivity index (χ4v) is 2.21. The maximum Gasteiger partial charge on any atom is 0.354 e. The van der Waals surface area contributed by atoms with E-state index in [1.165, 1.54) is 7.11 Å². The Bertz CT molecular complexity index is 764. The number of sulfone groups is 1. The molecule has 1 aromatic heterocycles. The van der Waals surface area contributed by atoms with Crippen LogP contribution in [-0.2, 0) is 9.84 Å². The maximum atomic E-state index is 11.5. The van der Waals surface area contributed by atoms with Crippen molar-refractivity contribution in [2.24, 2.45) is 0 Å². The third-order valence-electron chi connectivity index (χ3n) is 2.59. The molecule has 0 fully saturated rings. The number of carboxylic acids is 1. The van der Waals surface area contributed by atoms with Crippen LogP contribution in [0.25, 0.3) is 11.3 Å². The molecule has 0 aliphatic heterocycles. The molecule has 0 amide bonds. The quantitative estimate of drug-likeness (QED) is 0.877. The van der Waals surface area contributed by atoms with Gasteiger partial charge < -0.3 is 14.8 Å². The molecule has 0 unspecified atom stereocenters. The van der Waals surface area contributed by atoms with Crippen LogP contribution in [0.1, 0.15) is 10.5 Å². The number of hydrogen-bond acceptors (Lipinski definition) is 5. The van der Waals surface area contributed by atoms with E-state index in [0.29, 0.717) is 11.3 Å². The van der Waals surface area contributed by atoms with E-state index < -0.39 is 15.8 Å². The number of nitrogens with one attached hydrogen (secondary N) is 1. The summed E-state index contributed by atoms with van der Waals surface area (Å²) in [4.78, 5) is 17.4. The smallest absolute Gasteiger partial charge is 0.354 e. The van der Waals surface area contributed by atoms with Crippen LogP contribution in [0.15, 0.2) is 29.4 Å². The van der Waals surface area contributed by atoms with Crippen molar-refractivity contribution in [1.82, 2.24) is 9.97 Å². The fourth-order valence-electron chi connectivity index (χ4n) is 1.66. The first-order valence-corrected chi connectivity index (χ1v) is 7.40. The Morgan fingerprint density at radius 2 is 2.10 bits per heavy atom. The highest BCUT2D eigenvalue weighted by molar-refractivity contribution is 7.90. The average Bonchev–Trinajstić information content (AvgIpc) is 2.84. The number of nitrogens with zero attached hydrogens (tertiary/aromatic N) is 1. The van der Waals surface area contributed by atoms with Crippen molar-refractivity contribution in [2.45, 2.75) is 5.16 Å². The first-order chi connectivity index (χ1) is 9.32. The lowest BCUT2D eigenvalue weighted by Crippen LogP contribution is -2.01. The van der Waals surface area contributed by atoms with Gasteiger partial charge in [-0.3, -0.25) is 0 Å². The van der Waals surface area contributed by atoms with E-state index in [-0.39, 0.29) is 16.5 Å². The van der Waals surface area contributed by atoms with Gasteiger partial charge in [0.15, 0.2) is 5.69 Å². The van der Waals surface area contributed by atoms with Gasteiger partial charge in [0.1, 0.15) is 11.4 Å². The summed E-state index contributed by atoms with van der Waals surface area (Å²) in [5.41, 5.74) is 0.225. The fraction of sp³-hybridized carbons (Fsp3) is 0.167. The maximum absolute atomic E-state index is 11.5. The van der Waals surface area contributed by atoms with Gasteiger partial charge in [0.2, 0.25) is 15.0 Å². The SMILES string of the molecule is COc1cccc(-c2nc(S(C)(=O)=O)[nH]c2C(=O)O)c1. The molecule has 2 aromatic rings.